The summed E-state index contributed by atoms with van der Waals surface area (Å²) in [6.07, 6.45) is 0.601. The van der Waals surface area contributed by atoms with Gasteiger partial charge in [-0.05, 0) is 82.0 Å². The summed E-state index contributed by atoms with van der Waals surface area (Å²) in [6, 6.07) is 15.1. The minimum absolute atomic E-state index is 0.0258. The summed E-state index contributed by atoms with van der Waals surface area (Å²) < 4.78 is 59.1. The van der Waals surface area contributed by atoms with E-state index >= 15 is 0 Å². The van der Waals surface area contributed by atoms with E-state index in [-0.39, 0.29) is 32.6 Å². The number of sulfonamides is 1. The first-order chi connectivity index (χ1) is 23.7. The number of anilines is 1. The predicted octanol–water partition coefficient (Wildman–Crippen LogP) is 9.13. The Morgan fingerprint density at radius 3 is 2.06 bits per heavy atom. The molecule has 0 spiro atoms. The average molecular weight is 869 g/mol. The number of amides is 1. The largest absolute Gasteiger partial charge is 0.484 e. The quantitative estimate of drug-likeness (QED) is 0.0632. The summed E-state index contributed by atoms with van der Waals surface area (Å²) in [5, 5.41) is 3.45. The van der Waals surface area contributed by atoms with Crippen molar-refractivity contribution in [1.82, 2.24) is 5.32 Å². The third-order valence-electron chi connectivity index (χ3n) is 8.59. The Morgan fingerprint density at radius 2 is 1.51 bits per heavy atom. The van der Waals surface area contributed by atoms with E-state index < -0.39 is 40.6 Å². The molecule has 2 aromatic rings. The van der Waals surface area contributed by atoms with Gasteiger partial charge in [0.2, 0.25) is 10.0 Å². The molecular formula is C35H60BrClN2O8SSi3. The highest BCUT2D eigenvalue weighted by Crippen LogP contribution is 2.37. The third kappa shape index (κ3) is 16.6. The van der Waals surface area contributed by atoms with E-state index in [1.807, 2.05) is 6.07 Å². The first-order valence-electron chi connectivity index (χ1n) is 17.6. The molecule has 0 radical (unpaired) electrons. The van der Waals surface area contributed by atoms with Crippen LogP contribution in [0, 0.1) is 0 Å². The number of carbonyl (C=O) groups is 1. The molecular weight excluding hydrogens is 808 g/mol. The SMILES string of the molecule is CC[Si](CC)(CC)O[C@@H](CNC(=O)COc1ccc(Br)c(Cl)c1)c1ccc(OCOCC[Si](C)(C)C)c(N(COCC[Si](C)(C)C)S(C)(=O)=O)c1. The van der Waals surface area contributed by atoms with Crippen molar-refractivity contribution in [3.05, 3.63) is 51.5 Å². The Morgan fingerprint density at radius 1 is 0.902 bits per heavy atom. The van der Waals surface area contributed by atoms with Gasteiger partial charge in [0, 0.05) is 40.4 Å². The van der Waals surface area contributed by atoms with Crippen LogP contribution in [-0.2, 0) is 28.7 Å². The van der Waals surface area contributed by atoms with Gasteiger partial charge >= 0.3 is 0 Å². The van der Waals surface area contributed by atoms with E-state index in [4.69, 9.17) is 35.0 Å². The molecule has 51 heavy (non-hydrogen) atoms. The molecule has 0 fully saturated rings. The predicted molar refractivity (Wildman–Crippen MR) is 221 cm³/mol. The monoisotopic (exact) mass is 866 g/mol. The number of nitrogens with zero attached hydrogens (tertiary/aromatic N) is 1. The van der Waals surface area contributed by atoms with Crippen LogP contribution in [0.15, 0.2) is 40.9 Å². The second-order valence-corrected chi connectivity index (χ2v) is 34.3. The van der Waals surface area contributed by atoms with Gasteiger partial charge in [-0.25, -0.2) is 12.7 Å². The molecule has 290 valence electrons. The molecule has 0 aliphatic heterocycles. The van der Waals surface area contributed by atoms with Crippen LogP contribution in [0.4, 0.5) is 5.69 Å². The minimum atomic E-state index is -3.79. The minimum Gasteiger partial charge on any atom is -0.484 e. The van der Waals surface area contributed by atoms with Crippen LogP contribution in [0.5, 0.6) is 11.5 Å². The number of hydrogen-bond donors (Lipinski definition) is 1. The number of ether oxygens (including phenoxy) is 4. The smallest absolute Gasteiger partial charge is 0.258 e. The number of benzene rings is 2. The lowest BCUT2D eigenvalue weighted by Crippen LogP contribution is -2.41. The molecule has 2 rings (SSSR count). The van der Waals surface area contributed by atoms with Gasteiger partial charge in [0.25, 0.3) is 5.91 Å². The molecule has 0 aliphatic carbocycles. The van der Waals surface area contributed by atoms with Crippen molar-refractivity contribution in [2.75, 3.05) is 50.5 Å². The average Bonchev–Trinajstić information content (AvgIpc) is 3.04. The maximum atomic E-state index is 13.3. The maximum Gasteiger partial charge on any atom is 0.258 e. The fourth-order valence-electron chi connectivity index (χ4n) is 4.97. The van der Waals surface area contributed by atoms with Crippen molar-refractivity contribution in [2.45, 2.75) is 96.4 Å². The van der Waals surface area contributed by atoms with Crippen molar-refractivity contribution in [3.63, 3.8) is 0 Å². The van der Waals surface area contributed by atoms with Crippen LogP contribution >= 0.6 is 27.5 Å². The van der Waals surface area contributed by atoms with Crippen molar-refractivity contribution >= 4 is 73.6 Å². The van der Waals surface area contributed by atoms with Crippen molar-refractivity contribution in [1.29, 1.82) is 0 Å². The number of halogens is 2. The molecule has 1 atom stereocenters. The molecule has 16 heteroatoms. The van der Waals surface area contributed by atoms with Gasteiger partial charge in [-0.15, -0.1) is 0 Å². The van der Waals surface area contributed by atoms with Gasteiger partial charge in [-0.1, -0.05) is 77.7 Å². The van der Waals surface area contributed by atoms with E-state index in [0.29, 0.717) is 41.0 Å². The summed E-state index contributed by atoms with van der Waals surface area (Å²) in [5.41, 5.74) is 1.03. The van der Waals surface area contributed by atoms with E-state index in [1.165, 1.54) is 4.31 Å². The van der Waals surface area contributed by atoms with Gasteiger partial charge < -0.3 is 28.7 Å². The van der Waals surface area contributed by atoms with Crippen LogP contribution in [-0.4, -0.2) is 84.9 Å². The first-order valence-corrected chi connectivity index (χ1v) is 30.6. The lowest BCUT2D eigenvalue weighted by Gasteiger charge is -2.34. The van der Waals surface area contributed by atoms with Crippen LogP contribution in [0.2, 0.25) is 74.5 Å². The number of rotatable bonds is 24. The highest BCUT2D eigenvalue weighted by atomic mass is 79.9. The van der Waals surface area contributed by atoms with Crippen molar-refractivity contribution < 1.29 is 36.6 Å². The van der Waals surface area contributed by atoms with Gasteiger partial charge in [-0.3, -0.25) is 4.79 Å². The molecule has 0 saturated heterocycles. The highest BCUT2D eigenvalue weighted by Gasteiger charge is 2.34. The summed E-state index contributed by atoms with van der Waals surface area (Å²) >= 11 is 9.54. The molecule has 0 aromatic heterocycles. The molecule has 0 saturated carbocycles. The van der Waals surface area contributed by atoms with E-state index in [1.54, 1.807) is 30.3 Å². The van der Waals surface area contributed by atoms with Gasteiger partial charge in [-0.2, -0.15) is 0 Å². The van der Waals surface area contributed by atoms with Crippen LogP contribution in [0.25, 0.3) is 0 Å². The molecule has 0 bridgehead atoms. The Labute approximate surface area is 323 Å². The fraction of sp³-hybridized carbons (Fsp3) is 0.629. The summed E-state index contributed by atoms with van der Waals surface area (Å²) in [6.45, 7) is 20.7. The van der Waals surface area contributed by atoms with Crippen molar-refractivity contribution in [2.24, 2.45) is 0 Å². The normalized spacial score (nSPS) is 13.2. The molecule has 0 heterocycles. The summed E-state index contributed by atoms with van der Waals surface area (Å²) in [5.74, 6) is 0.488. The zero-order valence-corrected chi connectivity index (χ0v) is 38.4. The number of carbonyl (C=O) groups excluding carboxylic acids is 1. The second-order valence-electron chi connectivity index (χ2n) is 15.2. The second kappa shape index (κ2) is 20.9. The van der Waals surface area contributed by atoms with Gasteiger partial charge in [0.1, 0.15) is 18.2 Å². The van der Waals surface area contributed by atoms with Crippen LogP contribution in [0.1, 0.15) is 32.4 Å². The Hall–Kier alpha value is -1.44. The standard InChI is InChI=1S/C35H60BrClN2O8SSi3/c1-11-51(12-2,13-3)47-34(24-38-35(40)25-45-29-15-16-30(36)31(37)23-29)28-14-17-33(46-27-44-19-21-50(8,9)10)32(22-28)39(48(4,41)42)26-43-18-20-49(5,6)7/h14-17,22-23,34H,11-13,18-21,24-27H2,1-10H3,(H,38,40)/t34-/m0/s1. The molecule has 0 unspecified atom stereocenters. The molecule has 1 N–H and O–H groups in total. The van der Waals surface area contributed by atoms with Gasteiger partial charge in [0.05, 0.1) is 23.1 Å². The number of nitrogens with one attached hydrogen (secondary N) is 1. The molecule has 0 aliphatic rings. The number of hydrogen-bond acceptors (Lipinski definition) is 8. The fourth-order valence-corrected chi connectivity index (χ4v) is 10.5. The third-order valence-corrected chi connectivity index (χ3v) is 19.0. The Bertz CT molecular complexity index is 1500. The van der Waals surface area contributed by atoms with E-state index in [2.05, 4.69) is 81.3 Å². The Kier molecular flexibility index (Phi) is 18.7. The zero-order valence-electron chi connectivity index (χ0n) is 32.2. The molecule has 10 nitrogen and oxygen atoms in total. The lowest BCUT2D eigenvalue weighted by molar-refractivity contribution is -0.123. The molecule has 1 amide bonds. The maximum absolute atomic E-state index is 13.3. The topological polar surface area (TPSA) is 113 Å². The van der Waals surface area contributed by atoms with E-state index in [0.717, 1.165) is 40.9 Å². The molecule has 2 aromatic carbocycles. The van der Waals surface area contributed by atoms with Crippen LogP contribution < -0.4 is 19.1 Å². The van der Waals surface area contributed by atoms with E-state index in [9.17, 15) is 13.2 Å². The summed E-state index contributed by atoms with van der Waals surface area (Å²) in [4.78, 5) is 13.0. The summed E-state index contributed by atoms with van der Waals surface area (Å²) in [7, 11) is -8.71. The van der Waals surface area contributed by atoms with Crippen molar-refractivity contribution in [3.8, 4) is 11.5 Å². The van der Waals surface area contributed by atoms with Gasteiger partial charge in [0.15, 0.2) is 21.7 Å². The zero-order chi connectivity index (χ0) is 38.5. The highest BCUT2D eigenvalue weighted by molar-refractivity contribution is 9.10. The van der Waals surface area contributed by atoms with Crippen LogP contribution in [0.3, 0.4) is 0 Å². The lowest BCUT2D eigenvalue weighted by atomic mass is 10.1. The Balaban J connectivity index is 2.46. The first kappa shape index (κ1) is 45.7.